The lowest BCUT2D eigenvalue weighted by molar-refractivity contribution is 1.34. The van der Waals surface area contributed by atoms with Crippen LogP contribution in [0.5, 0.6) is 0 Å². The van der Waals surface area contributed by atoms with Crippen molar-refractivity contribution in [3.05, 3.63) is 29.8 Å². The van der Waals surface area contributed by atoms with E-state index in [0.29, 0.717) is 0 Å². The molecule has 0 aromatic heterocycles. The molecule has 0 saturated heterocycles. The molecule has 0 aliphatic carbocycles. The summed E-state index contributed by atoms with van der Waals surface area (Å²) in [6.07, 6.45) is 0. The lowest BCUT2D eigenvalue weighted by Crippen LogP contribution is -2.59. The molecule has 0 bridgehead atoms. The number of aryl methyl sites for hydroxylation is 1. The van der Waals surface area contributed by atoms with Crippen LogP contribution < -0.4 is 4.23 Å². The lowest BCUT2D eigenvalue weighted by atomic mass is 10.2. The van der Waals surface area contributed by atoms with Crippen LogP contribution in [0.25, 0.3) is 0 Å². The molecule has 0 saturated carbocycles. The molecule has 0 unspecified atom stereocenters. The van der Waals surface area contributed by atoms with Crippen molar-refractivity contribution in [2.24, 2.45) is 0 Å². The average molecular weight is 252 g/mol. The van der Waals surface area contributed by atoms with Gasteiger partial charge in [0.05, 0.1) is 0 Å². The van der Waals surface area contributed by atoms with E-state index in [2.05, 4.69) is 74.7 Å². The molecule has 0 N–H and O–H groups in total. The van der Waals surface area contributed by atoms with Crippen molar-refractivity contribution in [1.29, 1.82) is 0 Å². The fraction of sp³-hybridized carbons (Fsp3) is 0.538. The molecule has 1 aromatic rings. The molecule has 1 nitrogen and oxygen atoms in total. The topological polar surface area (TPSA) is 3.24 Å². The summed E-state index contributed by atoms with van der Waals surface area (Å²) >= 11 is 0. The zero-order valence-electron chi connectivity index (χ0n) is 11.8. The summed E-state index contributed by atoms with van der Waals surface area (Å²) in [5, 5.41) is 0. The van der Waals surface area contributed by atoms with Gasteiger partial charge in [0.15, 0.2) is 0 Å². The van der Waals surface area contributed by atoms with Gasteiger partial charge in [0.2, 0.25) is 0 Å². The fourth-order valence-electron chi connectivity index (χ4n) is 2.47. The van der Waals surface area contributed by atoms with Crippen LogP contribution in [0.2, 0.25) is 39.3 Å². The summed E-state index contributed by atoms with van der Waals surface area (Å²) in [5.41, 5.74) is 2.76. The van der Waals surface area contributed by atoms with Crippen LogP contribution in [0.1, 0.15) is 5.56 Å². The van der Waals surface area contributed by atoms with Gasteiger partial charge < -0.3 is 4.23 Å². The standard InChI is InChI=1S/C13H25NSi2/c1-12-8-10-13(11-9-12)14(15(2,3)4)16(5,6)7/h8-11H,1-7H3. The van der Waals surface area contributed by atoms with Crippen LogP contribution in [0.3, 0.4) is 0 Å². The van der Waals surface area contributed by atoms with E-state index >= 15 is 0 Å². The van der Waals surface area contributed by atoms with Crippen LogP contribution in [-0.2, 0) is 0 Å². The molecule has 0 heterocycles. The Bertz CT molecular complexity index is 330. The molecule has 1 aromatic carbocycles. The highest BCUT2D eigenvalue weighted by molar-refractivity contribution is 6.99. The second-order valence-corrected chi connectivity index (χ2v) is 16.5. The predicted octanol–water partition coefficient (Wildman–Crippen LogP) is 4.47. The monoisotopic (exact) mass is 251 g/mol. The number of nitrogens with zero attached hydrogens (tertiary/aromatic N) is 1. The van der Waals surface area contributed by atoms with Crippen molar-refractivity contribution in [3.8, 4) is 0 Å². The molecule has 0 amide bonds. The third kappa shape index (κ3) is 3.22. The molecule has 1 rings (SSSR count). The normalized spacial score (nSPS) is 12.7. The Kier molecular flexibility index (Phi) is 3.70. The van der Waals surface area contributed by atoms with Crippen molar-refractivity contribution in [2.75, 3.05) is 4.23 Å². The van der Waals surface area contributed by atoms with Crippen molar-refractivity contribution in [1.82, 2.24) is 0 Å². The molecule has 0 fully saturated rings. The largest absolute Gasteiger partial charge is 0.425 e. The number of anilines is 1. The third-order valence-electron chi connectivity index (χ3n) is 2.63. The zero-order chi connectivity index (χ0) is 12.6. The maximum absolute atomic E-state index is 2.75. The van der Waals surface area contributed by atoms with E-state index in [0.717, 1.165) is 0 Å². The van der Waals surface area contributed by atoms with Gasteiger partial charge in [-0.15, -0.1) is 0 Å². The Hall–Kier alpha value is -0.546. The van der Waals surface area contributed by atoms with E-state index in [9.17, 15) is 0 Å². The minimum absolute atomic E-state index is 1.29. The first-order valence-electron chi connectivity index (χ1n) is 5.99. The Morgan fingerprint density at radius 2 is 1.12 bits per heavy atom. The highest BCUT2D eigenvalue weighted by Crippen LogP contribution is 2.28. The predicted molar refractivity (Wildman–Crippen MR) is 80.4 cm³/mol. The number of hydrogen-bond acceptors (Lipinski definition) is 1. The maximum atomic E-state index is 2.75. The van der Waals surface area contributed by atoms with Crippen molar-refractivity contribution < 1.29 is 0 Å². The Morgan fingerprint density at radius 3 is 1.44 bits per heavy atom. The van der Waals surface area contributed by atoms with Crippen molar-refractivity contribution in [2.45, 2.75) is 46.2 Å². The van der Waals surface area contributed by atoms with Gasteiger partial charge in [0.1, 0.15) is 16.5 Å². The third-order valence-corrected chi connectivity index (χ3v) is 9.86. The molecule has 3 heteroatoms. The van der Waals surface area contributed by atoms with Gasteiger partial charge in [-0.05, 0) is 19.1 Å². The Morgan fingerprint density at radius 1 is 0.750 bits per heavy atom. The highest BCUT2D eigenvalue weighted by atomic mass is 28.4. The van der Waals surface area contributed by atoms with Crippen LogP contribution in [-0.4, -0.2) is 16.5 Å². The first-order chi connectivity index (χ1) is 7.12. The van der Waals surface area contributed by atoms with Crippen molar-refractivity contribution in [3.63, 3.8) is 0 Å². The van der Waals surface area contributed by atoms with E-state index in [1.165, 1.54) is 11.3 Å². The van der Waals surface area contributed by atoms with Gasteiger partial charge in [0, 0.05) is 5.69 Å². The van der Waals surface area contributed by atoms with Gasteiger partial charge in [-0.25, -0.2) is 0 Å². The van der Waals surface area contributed by atoms with Gasteiger partial charge in [-0.1, -0.05) is 57.0 Å². The molecule has 0 spiro atoms. The lowest BCUT2D eigenvalue weighted by Gasteiger charge is -2.46. The Balaban J connectivity index is 3.18. The van der Waals surface area contributed by atoms with Crippen LogP contribution in [0.15, 0.2) is 24.3 Å². The summed E-state index contributed by atoms with van der Waals surface area (Å²) < 4.78 is 2.75. The first-order valence-corrected chi connectivity index (χ1v) is 12.9. The van der Waals surface area contributed by atoms with Crippen LogP contribution in [0.4, 0.5) is 5.69 Å². The second kappa shape index (κ2) is 4.37. The first kappa shape index (κ1) is 13.5. The molecule has 0 radical (unpaired) electrons. The van der Waals surface area contributed by atoms with Gasteiger partial charge in [-0.3, -0.25) is 0 Å². The number of rotatable bonds is 3. The smallest absolute Gasteiger partial charge is 0.138 e. The van der Waals surface area contributed by atoms with E-state index in [4.69, 9.17) is 0 Å². The fourth-order valence-corrected chi connectivity index (χ4v) is 12.4. The maximum Gasteiger partial charge on any atom is 0.138 e. The number of benzene rings is 1. The summed E-state index contributed by atoms with van der Waals surface area (Å²) in [7, 11) is -2.57. The highest BCUT2D eigenvalue weighted by Gasteiger charge is 2.34. The quantitative estimate of drug-likeness (QED) is 0.716. The Labute approximate surface area is 103 Å². The molecule has 90 valence electrons. The second-order valence-electron chi connectivity index (χ2n) is 6.51. The number of hydrogen-bond donors (Lipinski definition) is 0. The minimum atomic E-state index is -1.29. The molecule has 0 aliphatic rings. The van der Waals surface area contributed by atoms with E-state index < -0.39 is 16.5 Å². The van der Waals surface area contributed by atoms with Crippen LogP contribution >= 0.6 is 0 Å². The summed E-state index contributed by atoms with van der Waals surface area (Å²) in [6.45, 7) is 16.8. The molecule has 16 heavy (non-hydrogen) atoms. The minimum Gasteiger partial charge on any atom is -0.425 e. The summed E-state index contributed by atoms with van der Waals surface area (Å²) in [5.74, 6) is 0. The molecular weight excluding hydrogens is 226 g/mol. The van der Waals surface area contributed by atoms with Crippen LogP contribution in [0, 0.1) is 6.92 Å². The summed E-state index contributed by atoms with van der Waals surface area (Å²) in [4.78, 5) is 0. The molecule has 0 aliphatic heterocycles. The average Bonchev–Trinajstić information content (AvgIpc) is 2.03. The molecular formula is C13H25NSi2. The van der Waals surface area contributed by atoms with Gasteiger partial charge in [-0.2, -0.15) is 0 Å². The van der Waals surface area contributed by atoms with E-state index in [-0.39, 0.29) is 0 Å². The van der Waals surface area contributed by atoms with Gasteiger partial charge >= 0.3 is 0 Å². The SMILES string of the molecule is Cc1ccc(N([Si](C)(C)C)[Si](C)(C)C)cc1. The van der Waals surface area contributed by atoms with Gasteiger partial charge in [0.25, 0.3) is 0 Å². The summed E-state index contributed by atoms with van der Waals surface area (Å²) in [6, 6.07) is 9.02. The van der Waals surface area contributed by atoms with Crippen molar-refractivity contribution >= 4 is 22.2 Å². The van der Waals surface area contributed by atoms with E-state index in [1.807, 2.05) is 0 Å². The zero-order valence-corrected chi connectivity index (χ0v) is 13.8. The molecule has 0 atom stereocenters. The van der Waals surface area contributed by atoms with E-state index in [1.54, 1.807) is 0 Å².